The molecule has 3 aromatic carbocycles. The lowest BCUT2D eigenvalue weighted by molar-refractivity contribution is -0.116. The molecule has 2 nitrogen and oxygen atoms in total. The Kier molecular flexibility index (Phi) is 8.80. The SMILES string of the molecule is CCN(C(=O)CS[C@@H]1CCCC[C@H]1Sc1cccc(-c2ccccc2)c1)c1c(C)cccc1C. The standard InChI is InChI=1S/C30H35NOS2/c1-4-31(30-22(2)12-10-13-23(30)3)29(32)21-33-27-18-8-9-19-28(27)34-26-17-11-16-25(20-26)24-14-6-5-7-15-24/h5-7,10-17,20,27-28H,4,8-9,18-19,21H2,1-3H3/t27-,28-/m1/s1. The lowest BCUT2D eigenvalue weighted by Crippen LogP contribution is -2.35. The van der Waals surface area contributed by atoms with Crippen molar-refractivity contribution < 1.29 is 4.79 Å². The summed E-state index contributed by atoms with van der Waals surface area (Å²) < 4.78 is 0. The Labute approximate surface area is 213 Å². The maximum atomic E-state index is 13.3. The molecule has 0 saturated heterocycles. The van der Waals surface area contributed by atoms with Crippen LogP contribution in [0, 0.1) is 13.8 Å². The Morgan fingerprint density at radius 2 is 1.50 bits per heavy atom. The molecule has 0 heterocycles. The second kappa shape index (κ2) is 12.0. The van der Waals surface area contributed by atoms with Gasteiger partial charge in [-0.1, -0.05) is 73.5 Å². The molecular weight excluding hydrogens is 454 g/mol. The first-order chi connectivity index (χ1) is 16.6. The molecule has 1 saturated carbocycles. The molecule has 1 aliphatic carbocycles. The van der Waals surface area contributed by atoms with Gasteiger partial charge in [0.1, 0.15) is 0 Å². The van der Waals surface area contributed by atoms with Crippen LogP contribution in [0.3, 0.4) is 0 Å². The zero-order valence-corrected chi connectivity index (χ0v) is 22.1. The summed E-state index contributed by atoms with van der Waals surface area (Å²) in [6.45, 7) is 6.99. The predicted molar refractivity (Wildman–Crippen MR) is 150 cm³/mol. The van der Waals surface area contributed by atoms with Crippen LogP contribution in [0.4, 0.5) is 5.69 Å². The Hall–Kier alpha value is -2.17. The minimum Gasteiger partial charge on any atom is -0.311 e. The number of rotatable bonds is 8. The van der Waals surface area contributed by atoms with Crippen molar-refractivity contribution in [3.8, 4) is 11.1 Å². The molecular formula is C30H35NOS2. The molecule has 1 aliphatic rings. The van der Waals surface area contributed by atoms with E-state index in [-0.39, 0.29) is 5.91 Å². The summed E-state index contributed by atoms with van der Waals surface area (Å²) in [5, 5.41) is 1.06. The third-order valence-electron chi connectivity index (χ3n) is 6.62. The van der Waals surface area contributed by atoms with Gasteiger partial charge in [0.05, 0.1) is 5.75 Å². The summed E-state index contributed by atoms with van der Waals surface area (Å²) in [7, 11) is 0. The van der Waals surface area contributed by atoms with E-state index in [1.165, 1.54) is 52.8 Å². The highest BCUT2D eigenvalue weighted by Gasteiger charge is 2.28. The Balaban J connectivity index is 1.42. The smallest absolute Gasteiger partial charge is 0.236 e. The molecule has 2 atom stereocenters. The average molecular weight is 490 g/mol. The number of hydrogen-bond acceptors (Lipinski definition) is 3. The molecule has 3 aromatic rings. The van der Waals surface area contributed by atoms with Crippen LogP contribution in [0.1, 0.15) is 43.7 Å². The number of thioether (sulfide) groups is 2. The fourth-order valence-electron chi connectivity index (χ4n) is 4.89. The third-order valence-corrected chi connectivity index (χ3v) is 9.59. The molecule has 0 spiro atoms. The quantitative estimate of drug-likeness (QED) is 0.318. The van der Waals surface area contributed by atoms with E-state index in [0.717, 1.165) is 5.69 Å². The van der Waals surface area contributed by atoms with Gasteiger partial charge < -0.3 is 4.90 Å². The molecule has 1 amide bonds. The number of carbonyl (C=O) groups is 1. The van der Waals surface area contributed by atoms with Crippen molar-refractivity contribution in [3.05, 3.63) is 83.9 Å². The number of hydrogen-bond donors (Lipinski definition) is 0. The summed E-state index contributed by atoms with van der Waals surface area (Å²) >= 11 is 3.87. The second-order valence-electron chi connectivity index (χ2n) is 9.06. The van der Waals surface area contributed by atoms with Gasteiger partial charge in [-0.05, 0) is 68.0 Å². The minimum atomic E-state index is 0.227. The maximum absolute atomic E-state index is 13.3. The van der Waals surface area contributed by atoms with Gasteiger partial charge in [-0.3, -0.25) is 4.79 Å². The van der Waals surface area contributed by atoms with Crippen LogP contribution in [0.2, 0.25) is 0 Å². The summed E-state index contributed by atoms with van der Waals surface area (Å²) in [6, 6.07) is 25.8. The number of nitrogens with zero attached hydrogens (tertiary/aromatic N) is 1. The van der Waals surface area contributed by atoms with E-state index in [4.69, 9.17) is 0 Å². The van der Waals surface area contributed by atoms with Crippen LogP contribution in [-0.4, -0.2) is 28.7 Å². The summed E-state index contributed by atoms with van der Waals surface area (Å²) in [6.07, 6.45) is 4.97. The highest BCUT2D eigenvalue weighted by molar-refractivity contribution is 8.04. The number of anilines is 1. The van der Waals surface area contributed by atoms with E-state index >= 15 is 0 Å². The van der Waals surface area contributed by atoms with E-state index < -0.39 is 0 Å². The van der Waals surface area contributed by atoms with Gasteiger partial charge in [0.15, 0.2) is 0 Å². The van der Waals surface area contributed by atoms with Crippen LogP contribution in [0.25, 0.3) is 11.1 Å². The Morgan fingerprint density at radius 1 is 0.853 bits per heavy atom. The van der Waals surface area contributed by atoms with E-state index in [0.29, 0.717) is 22.8 Å². The number of aryl methyl sites for hydroxylation is 2. The van der Waals surface area contributed by atoms with Crippen molar-refractivity contribution in [2.75, 3.05) is 17.2 Å². The minimum absolute atomic E-state index is 0.227. The first kappa shape index (κ1) is 24.9. The molecule has 1 fully saturated rings. The second-order valence-corrected chi connectivity index (χ2v) is 11.6. The molecule has 0 bridgehead atoms. The molecule has 34 heavy (non-hydrogen) atoms. The van der Waals surface area contributed by atoms with Gasteiger partial charge in [0, 0.05) is 27.6 Å². The molecule has 0 aromatic heterocycles. The van der Waals surface area contributed by atoms with Gasteiger partial charge in [0.25, 0.3) is 0 Å². The highest BCUT2D eigenvalue weighted by Crippen LogP contribution is 2.40. The van der Waals surface area contributed by atoms with E-state index in [2.05, 4.69) is 93.6 Å². The first-order valence-corrected chi connectivity index (χ1v) is 14.3. The largest absolute Gasteiger partial charge is 0.311 e. The van der Waals surface area contributed by atoms with E-state index in [9.17, 15) is 4.79 Å². The number of carbonyl (C=O) groups excluding carboxylic acids is 1. The zero-order valence-electron chi connectivity index (χ0n) is 20.5. The van der Waals surface area contributed by atoms with E-state index in [1.54, 1.807) is 0 Å². The number of para-hydroxylation sites is 1. The maximum Gasteiger partial charge on any atom is 0.236 e. The van der Waals surface area contributed by atoms with Crippen molar-refractivity contribution in [2.45, 2.75) is 61.8 Å². The van der Waals surface area contributed by atoms with Gasteiger partial charge in [0.2, 0.25) is 5.91 Å². The summed E-state index contributed by atoms with van der Waals surface area (Å²) in [4.78, 5) is 16.6. The van der Waals surface area contributed by atoms with Gasteiger partial charge in [-0.15, -0.1) is 23.5 Å². The van der Waals surface area contributed by atoms with Crippen LogP contribution < -0.4 is 4.90 Å². The molecule has 0 radical (unpaired) electrons. The van der Waals surface area contributed by atoms with Crippen molar-refractivity contribution in [2.24, 2.45) is 0 Å². The van der Waals surface area contributed by atoms with Crippen LogP contribution in [0.15, 0.2) is 77.7 Å². The van der Waals surface area contributed by atoms with Crippen molar-refractivity contribution >= 4 is 35.1 Å². The number of benzene rings is 3. The molecule has 4 rings (SSSR count). The molecule has 0 N–H and O–H groups in total. The lowest BCUT2D eigenvalue weighted by Gasteiger charge is -2.31. The monoisotopic (exact) mass is 489 g/mol. The predicted octanol–water partition coefficient (Wildman–Crippen LogP) is 8.16. The lowest BCUT2D eigenvalue weighted by atomic mass is 10.00. The van der Waals surface area contributed by atoms with Crippen molar-refractivity contribution in [3.63, 3.8) is 0 Å². The average Bonchev–Trinajstić information content (AvgIpc) is 2.86. The summed E-state index contributed by atoms with van der Waals surface area (Å²) in [5.41, 5.74) is 5.96. The Bertz CT molecular complexity index is 1080. The van der Waals surface area contributed by atoms with Crippen molar-refractivity contribution in [1.82, 2.24) is 0 Å². The van der Waals surface area contributed by atoms with E-state index in [1.807, 2.05) is 28.4 Å². The molecule has 4 heteroatoms. The van der Waals surface area contributed by atoms with Crippen LogP contribution >= 0.6 is 23.5 Å². The normalized spacial score (nSPS) is 18.0. The Morgan fingerprint density at radius 3 is 2.21 bits per heavy atom. The summed E-state index contributed by atoms with van der Waals surface area (Å²) in [5.74, 6) is 0.776. The van der Waals surface area contributed by atoms with Gasteiger partial charge in [-0.25, -0.2) is 0 Å². The van der Waals surface area contributed by atoms with Gasteiger partial charge in [-0.2, -0.15) is 0 Å². The molecule has 178 valence electrons. The zero-order chi connectivity index (χ0) is 23.9. The van der Waals surface area contributed by atoms with Crippen LogP contribution in [0.5, 0.6) is 0 Å². The fraction of sp³-hybridized carbons (Fsp3) is 0.367. The third kappa shape index (κ3) is 6.09. The highest BCUT2D eigenvalue weighted by atomic mass is 32.2. The topological polar surface area (TPSA) is 20.3 Å². The van der Waals surface area contributed by atoms with Crippen LogP contribution in [-0.2, 0) is 4.79 Å². The van der Waals surface area contributed by atoms with Crippen molar-refractivity contribution in [1.29, 1.82) is 0 Å². The fourth-order valence-corrected chi connectivity index (χ4v) is 7.76. The molecule has 0 unspecified atom stereocenters. The molecule has 0 aliphatic heterocycles. The van der Waals surface area contributed by atoms with Gasteiger partial charge >= 0.3 is 0 Å². The number of amides is 1. The first-order valence-electron chi connectivity index (χ1n) is 12.4.